The summed E-state index contributed by atoms with van der Waals surface area (Å²) in [6, 6.07) is 21.4. The average molecular weight is 421 g/mol. The quantitative estimate of drug-likeness (QED) is 0.251. The second kappa shape index (κ2) is 15.2. The highest BCUT2D eigenvalue weighted by molar-refractivity contribution is 5.14. The van der Waals surface area contributed by atoms with Gasteiger partial charge in [-0.2, -0.15) is 0 Å². The maximum Gasteiger partial charge on any atom is 0.0205 e. The minimum atomic E-state index is 1.01. The molecule has 2 nitrogen and oxygen atoms in total. The third-order valence-corrected chi connectivity index (χ3v) is 6.77. The van der Waals surface area contributed by atoms with Gasteiger partial charge in [-0.05, 0) is 55.3 Å². The van der Waals surface area contributed by atoms with Crippen LogP contribution in [0.1, 0.15) is 81.8 Å². The summed E-state index contributed by atoms with van der Waals surface area (Å²) in [5.74, 6) is 2.15. The third kappa shape index (κ3) is 11.0. The number of nitrogens with one attached hydrogen (secondary N) is 2. The van der Waals surface area contributed by atoms with Crippen LogP contribution in [0.3, 0.4) is 0 Å². The van der Waals surface area contributed by atoms with Gasteiger partial charge in [0, 0.05) is 13.1 Å². The first kappa shape index (κ1) is 24.0. The van der Waals surface area contributed by atoms with E-state index in [1.54, 1.807) is 0 Å². The maximum atomic E-state index is 3.57. The highest BCUT2D eigenvalue weighted by Crippen LogP contribution is 2.45. The second-order valence-corrected chi connectivity index (χ2v) is 9.49. The van der Waals surface area contributed by atoms with E-state index in [1.807, 2.05) is 0 Å². The van der Waals surface area contributed by atoms with E-state index in [9.17, 15) is 0 Å². The van der Waals surface area contributed by atoms with E-state index in [1.165, 1.54) is 81.8 Å². The van der Waals surface area contributed by atoms with Crippen LogP contribution in [0.2, 0.25) is 0 Å². The molecule has 2 heteroatoms. The molecule has 3 rings (SSSR count). The summed E-state index contributed by atoms with van der Waals surface area (Å²) in [4.78, 5) is 0. The monoisotopic (exact) mass is 420 g/mol. The maximum absolute atomic E-state index is 3.57. The van der Waals surface area contributed by atoms with E-state index in [0.29, 0.717) is 0 Å². The Morgan fingerprint density at radius 1 is 0.516 bits per heavy atom. The fourth-order valence-corrected chi connectivity index (χ4v) is 4.69. The Morgan fingerprint density at radius 3 is 1.39 bits per heavy atom. The van der Waals surface area contributed by atoms with Crippen molar-refractivity contribution in [3.63, 3.8) is 0 Å². The lowest BCUT2D eigenvalue weighted by Crippen LogP contribution is -2.14. The van der Waals surface area contributed by atoms with Gasteiger partial charge < -0.3 is 10.6 Å². The Hall–Kier alpha value is -1.64. The van der Waals surface area contributed by atoms with Gasteiger partial charge in [-0.3, -0.25) is 0 Å². The molecule has 1 fully saturated rings. The summed E-state index contributed by atoms with van der Waals surface area (Å²) >= 11 is 0. The van der Waals surface area contributed by atoms with E-state index in [0.717, 1.165) is 38.0 Å². The zero-order chi connectivity index (χ0) is 21.4. The number of unbranched alkanes of at least 4 members (excludes halogenated alkanes) is 6. The van der Waals surface area contributed by atoms with Crippen molar-refractivity contribution in [1.29, 1.82) is 0 Å². The van der Waals surface area contributed by atoms with Gasteiger partial charge in [0.1, 0.15) is 0 Å². The molecule has 0 unspecified atom stereocenters. The summed E-state index contributed by atoms with van der Waals surface area (Å²) in [6.45, 7) is 4.33. The number of benzene rings is 2. The molecule has 0 radical (unpaired) electrons. The van der Waals surface area contributed by atoms with E-state index in [2.05, 4.69) is 71.3 Å². The van der Waals surface area contributed by atoms with Crippen molar-refractivity contribution in [2.75, 3.05) is 13.1 Å². The zero-order valence-electron chi connectivity index (χ0n) is 19.5. The molecule has 0 spiro atoms. The van der Waals surface area contributed by atoms with Gasteiger partial charge in [0.25, 0.3) is 0 Å². The smallest absolute Gasteiger partial charge is 0.0205 e. The molecule has 0 saturated heterocycles. The topological polar surface area (TPSA) is 24.1 Å². The third-order valence-electron chi connectivity index (χ3n) is 6.77. The lowest BCUT2D eigenvalue weighted by atomic mass is 10.1. The fraction of sp³-hybridized carbons (Fsp3) is 0.586. The molecule has 0 aromatic heterocycles. The van der Waals surface area contributed by atoms with Crippen LogP contribution in [0.15, 0.2) is 60.7 Å². The van der Waals surface area contributed by atoms with Crippen molar-refractivity contribution in [2.45, 2.75) is 83.7 Å². The SMILES string of the molecule is c1ccc(CNCCCCCC[C@@H]2C[C@@H]2CCCCCCNCc2ccccc2)cc1. The molecule has 31 heavy (non-hydrogen) atoms. The van der Waals surface area contributed by atoms with E-state index in [4.69, 9.17) is 0 Å². The van der Waals surface area contributed by atoms with Gasteiger partial charge >= 0.3 is 0 Å². The molecule has 2 atom stereocenters. The largest absolute Gasteiger partial charge is 0.313 e. The predicted octanol–water partition coefficient (Wildman–Crippen LogP) is 7.10. The minimum Gasteiger partial charge on any atom is -0.313 e. The molecule has 2 aromatic rings. The second-order valence-electron chi connectivity index (χ2n) is 9.49. The zero-order valence-corrected chi connectivity index (χ0v) is 19.5. The highest BCUT2D eigenvalue weighted by atomic mass is 14.8. The molecule has 1 aliphatic carbocycles. The number of hydrogen-bond donors (Lipinski definition) is 2. The Bertz CT molecular complexity index is 610. The van der Waals surface area contributed by atoms with Crippen LogP contribution in [0.25, 0.3) is 0 Å². The van der Waals surface area contributed by atoms with Crippen molar-refractivity contribution >= 4 is 0 Å². The Morgan fingerprint density at radius 2 is 0.935 bits per heavy atom. The van der Waals surface area contributed by atoms with Crippen molar-refractivity contribution < 1.29 is 0 Å². The van der Waals surface area contributed by atoms with E-state index >= 15 is 0 Å². The molecule has 0 heterocycles. The molecule has 170 valence electrons. The lowest BCUT2D eigenvalue weighted by Gasteiger charge is -2.06. The standard InChI is InChI=1S/C29H44N2/c1(3-13-21-30-24-26-15-7-5-8-16-26)11-19-28-23-29(28)20-12-2-4-14-22-31-25-27-17-9-6-10-18-27/h5-10,15-18,28-31H,1-4,11-14,19-25H2/t28-,29+. The van der Waals surface area contributed by atoms with E-state index < -0.39 is 0 Å². The van der Waals surface area contributed by atoms with Crippen LogP contribution >= 0.6 is 0 Å². The van der Waals surface area contributed by atoms with Gasteiger partial charge in [-0.25, -0.2) is 0 Å². The fourth-order valence-electron chi connectivity index (χ4n) is 4.69. The summed E-state index contributed by atoms with van der Waals surface area (Å²) in [5, 5.41) is 7.14. The first-order valence-corrected chi connectivity index (χ1v) is 12.9. The summed E-state index contributed by atoms with van der Waals surface area (Å²) in [5.41, 5.74) is 2.78. The van der Waals surface area contributed by atoms with Crippen molar-refractivity contribution in [3.05, 3.63) is 71.8 Å². The van der Waals surface area contributed by atoms with Crippen molar-refractivity contribution in [2.24, 2.45) is 11.8 Å². The average Bonchev–Trinajstić information content (AvgIpc) is 3.57. The lowest BCUT2D eigenvalue weighted by molar-refractivity contribution is 0.513. The van der Waals surface area contributed by atoms with Crippen LogP contribution in [0, 0.1) is 11.8 Å². The molecular formula is C29H44N2. The molecular weight excluding hydrogens is 376 g/mol. The summed E-state index contributed by atoms with van der Waals surface area (Å²) in [7, 11) is 0. The molecule has 2 N–H and O–H groups in total. The van der Waals surface area contributed by atoms with Crippen LogP contribution in [-0.2, 0) is 13.1 Å². The molecule has 0 bridgehead atoms. The van der Waals surface area contributed by atoms with Gasteiger partial charge in [0.05, 0.1) is 0 Å². The number of hydrogen-bond acceptors (Lipinski definition) is 2. The molecule has 1 aliphatic rings. The molecule has 1 saturated carbocycles. The summed E-state index contributed by atoms with van der Waals surface area (Å²) < 4.78 is 0. The van der Waals surface area contributed by atoms with Gasteiger partial charge in [0.15, 0.2) is 0 Å². The molecule has 2 aromatic carbocycles. The minimum absolute atomic E-state index is 1.01. The first-order valence-electron chi connectivity index (χ1n) is 12.9. The van der Waals surface area contributed by atoms with Crippen molar-refractivity contribution in [1.82, 2.24) is 10.6 Å². The van der Waals surface area contributed by atoms with Gasteiger partial charge in [0.2, 0.25) is 0 Å². The van der Waals surface area contributed by atoms with E-state index in [-0.39, 0.29) is 0 Å². The van der Waals surface area contributed by atoms with Crippen LogP contribution in [0.5, 0.6) is 0 Å². The Kier molecular flexibility index (Phi) is 11.8. The van der Waals surface area contributed by atoms with Gasteiger partial charge in [-0.1, -0.05) is 112 Å². The normalized spacial score (nSPS) is 17.7. The molecule has 0 amide bonds. The first-order chi connectivity index (χ1) is 15.4. The molecule has 0 aliphatic heterocycles. The van der Waals surface area contributed by atoms with Crippen LogP contribution < -0.4 is 10.6 Å². The highest BCUT2D eigenvalue weighted by Gasteiger charge is 2.34. The van der Waals surface area contributed by atoms with Crippen molar-refractivity contribution in [3.8, 4) is 0 Å². The Labute approximate surface area is 191 Å². The van der Waals surface area contributed by atoms with Crippen LogP contribution in [0.4, 0.5) is 0 Å². The Balaban J connectivity index is 1.03. The van der Waals surface area contributed by atoms with Gasteiger partial charge in [-0.15, -0.1) is 0 Å². The predicted molar refractivity (Wildman–Crippen MR) is 134 cm³/mol. The van der Waals surface area contributed by atoms with Crippen LogP contribution in [-0.4, -0.2) is 13.1 Å². The number of rotatable bonds is 18. The summed E-state index contributed by atoms with van der Waals surface area (Å²) in [6.07, 6.45) is 15.7.